The van der Waals surface area contributed by atoms with Gasteiger partial charge in [-0.25, -0.2) is 0 Å². The van der Waals surface area contributed by atoms with Crippen molar-refractivity contribution in [3.05, 3.63) is 34.9 Å². The van der Waals surface area contributed by atoms with Gasteiger partial charge in [-0.3, -0.25) is 4.79 Å². The van der Waals surface area contributed by atoms with E-state index in [2.05, 4.69) is 10.5 Å². The van der Waals surface area contributed by atoms with Crippen LogP contribution >= 0.6 is 11.6 Å². The summed E-state index contributed by atoms with van der Waals surface area (Å²) in [5.41, 5.74) is 6.51. The van der Waals surface area contributed by atoms with Crippen molar-refractivity contribution in [2.24, 2.45) is 22.7 Å². The molecule has 2 unspecified atom stereocenters. The van der Waals surface area contributed by atoms with E-state index in [1.54, 1.807) is 12.1 Å². The number of amidine groups is 1. The highest BCUT2D eigenvalue weighted by Crippen LogP contribution is 2.18. The molecule has 6 heteroatoms. The van der Waals surface area contributed by atoms with E-state index in [4.69, 9.17) is 22.5 Å². The third-order valence-corrected chi connectivity index (χ3v) is 3.36. The number of nitrogens with zero attached hydrogens (tertiary/aromatic N) is 1. The van der Waals surface area contributed by atoms with Crippen LogP contribution in [-0.2, 0) is 4.79 Å². The largest absolute Gasteiger partial charge is 0.409 e. The van der Waals surface area contributed by atoms with Gasteiger partial charge in [0, 0.05) is 5.02 Å². The minimum atomic E-state index is -0.658. The standard InChI is InChI=1S/C14H20ClN3O2/c1-8(2)12(13(16)18-20)14(19)17-9(3)10-4-6-11(15)7-5-10/h4-9,12,20H,1-3H3,(H2,16,18)(H,17,19). The molecular weight excluding hydrogens is 278 g/mol. The van der Waals surface area contributed by atoms with Crippen LogP contribution in [0.3, 0.4) is 0 Å². The summed E-state index contributed by atoms with van der Waals surface area (Å²) >= 11 is 5.83. The molecule has 1 rings (SSSR count). The van der Waals surface area contributed by atoms with Crippen molar-refractivity contribution >= 4 is 23.3 Å². The van der Waals surface area contributed by atoms with Crippen LogP contribution in [-0.4, -0.2) is 17.0 Å². The van der Waals surface area contributed by atoms with Crippen LogP contribution in [0.25, 0.3) is 0 Å². The molecule has 0 aliphatic carbocycles. The second-order valence-electron chi connectivity index (χ2n) is 5.03. The van der Waals surface area contributed by atoms with Crippen LogP contribution in [0, 0.1) is 11.8 Å². The van der Waals surface area contributed by atoms with Gasteiger partial charge >= 0.3 is 0 Å². The van der Waals surface area contributed by atoms with Gasteiger partial charge in [0.05, 0.1) is 6.04 Å². The molecule has 1 aromatic carbocycles. The Balaban J connectivity index is 2.80. The first-order chi connectivity index (χ1) is 9.36. The monoisotopic (exact) mass is 297 g/mol. The van der Waals surface area contributed by atoms with E-state index in [1.807, 2.05) is 32.9 Å². The van der Waals surface area contributed by atoms with Gasteiger partial charge in [0.15, 0.2) is 5.84 Å². The van der Waals surface area contributed by atoms with E-state index < -0.39 is 5.92 Å². The number of rotatable bonds is 5. The van der Waals surface area contributed by atoms with Crippen molar-refractivity contribution in [2.75, 3.05) is 0 Å². The highest BCUT2D eigenvalue weighted by atomic mass is 35.5. The minimum Gasteiger partial charge on any atom is -0.409 e. The molecule has 0 saturated heterocycles. The zero-order valence-electron chi connectivity index (χ0n) is 11.8. The molecule has 0 fully saturated rings. The van der Waals surface area contributed by atoms with Crippen molar-refractivity contribution in [3.63, 3.8) is 0 Å². The molecule has 1 amide bonds. The lowest BCUT2D eigenvalue weighted by molar-refractivity contribution is -0.124. The molecule has 0 heterocycles. The third kappa shape index (κ3) is 4.13. The molecule has 0 bridgehead atoms. The molecule has 0 spiro atoms. The molecule has 0 aliphatic rings. The molecule has 20 heavy (non-hydrogen) atoms. The predicted octanol–water partition coefficient (Wildman–Crippen LogP) is 2.54. The number of halogens is 1. The Morgan fingerprint density at radius 2 is 1.85 bits per heavy atom. The summed E-state index contributed by atoms with van der Waals surface area (Å²) in [5.74, 6) is -1.07. The van der Waals surface area contributed by atoms with Crippen molar-refractivity contribution in [3.8, 4) is 0 Å². The first-order valence-corrected chi connectivity index (χ1v) is 6.77. The van der Waals surface area contributed by atoms with Gasteiger partial charge in [-0.1, -0.05) is 42.7 Å². The Morgan fingerprint density at radius 1 is 1.30 bits per heavy atom. The normalized spacial score (nSPS) is 14.9. The first kappa shape index (κ1) is 16.3. The fourth-order valence-corrected chi connectivity index (χ4v) is 2.10. The van der Waals surface area contributed by atoms with Crippen molar-refractivity contribution in [1.82, 2.24) is 5.32 Å². The molecule has 2 atom stereocenters. The Morgan fingerprint density at radius 3 is 2.30 bits per heavy atom. The molecule has 0 aliphatic heterocycles. The molecular formula is C14H20ClN3O2. The molecule has 4 N–H and O–H groups in total. The smallest absolute Gasteiger partial charge is 0.231 e. The summed E-state index contributed by atoms with van der Waals surface area (Å²) in [6, 6.07) is 7.04. The first-order valence-electron chi connectivity index (χ1n) is 6.40. The van der Waals surface area contributed by atoms with E-state index in [0.29, 0.717) is 5.02 Å². The van der Waals surface area contributed by atoms with E-state index in [1.165, 1.54) is 0 Å². The fourth-order valence-electron chi connectivity index (χ4n) is 1.98. The lowest BCUT2D eigenvalue weighted by atomic mass is 9.93. The molecule has 0 aromatic heterocycles. The predicted molar refractivity (Wildman–Crippen MR) is 79.7 cm³/mol. The maximum absolute atomic E-state index is 12.2. The Bertz CT molecular complexity index is 486. The van der Waals surface area contributed by atoms with Crippen LogP contribution < -0.4 is 11.1 Å². The second kappa shape index (κ2) is 7.14. The number of nitrogens with two attached hydrogens (primary N) is 1. The Kier molecular flexibility index (Phi) is 5.82. The third-order valence-electron chi connectivity index (χ3n) is 3.11. The van der Waals surface area contributed by atoms with E-state index in [-0.39, 0.29) is 23.7 Å². The number of hydrogen-bond acceptors (Lipinski definition) is 3. The zero-order valence-corrected chi connectivity index (χ0v) is 12.6. The number of amides is 1. The number of carbonyl (C=O) groups excluding carboxylic acids is 1. The fraction of sp³-hybridized carbons (Fsp3) is 0.429. The lowest BCUT2D eigenvalue weighted by Gasteiger charge is -2.22. The van der Waals surface area contributed by atoms with Gasteiger partial charge in [-0.15, -0.1) is 0 Å². The van der Waals surface area contributed by atoms with E-state index >= 15 is 0 Å². The van der Waals surface area contributed by atoms with Gasteiger partial charge in [0.1, 0.15) is 5.92 Å². The quantitative estimate of drug-likeness (QED) is 0.338. The van der Waals surface area contributed by atoms with E-state index in [9.17, 15) is 4.79 Å². The molecule has 5 nitrogen and oxygen atoms in total. The van der Waals surface area contributed by atoms with Crippen LogP contribution in [0.1, 0.15) is 32.4 Å². The summed E-state index contributed by atoms with van der Waals surface area (Å²) in [4.78, 5) is 12.2. The van der Waals surface area contributed by atoms with Crippen molar-refractivity contribution in [2.45, 2.75) is 26.8 Å². The summed E-state index contributed by atoms with van der Waals surface area (Å²) in [6.07, 6.45) is 0. The average molecular weight is 298 g/mol. The minimum absolute atomic E-state index is 0.0664. The molecule has 0 saturated carbocycles. The Hall–Kier alpha value is -1.75. The molecule has 1 aromatic rings. The van der Waals surface area contributed by atoms with Gasteiger partial charge in [-0.2, -0.15) is 0 Å². The van der Waals surface area contributed by atoms with Crippen molar-refractivity contribution in [1.29, 1.82) is 0 Å². The highest BCUT2D eigenvalue weighted by molar-refractivity contribution is 6.30. The van der Waals surface area contributed by atoms with Crippen LogP contribution in [0.2, 0.25) is 5.02 Å². The van der Waals surface area contributed by atoms with Crippen LogP contribution in [0.4, 0.5) is 0 Å². The number of hydrogen-bond donors (Lipinski definition) is 3. The van der Waals surface area contributed by atoms with Crippen molar-refractivity contribution < 1.29 is 10.0 Å². The molecule has 110 valence electrons. The van der Waals surface area contributed by atoms with Crippen LogP contribution in [0.15, 0.2) is 29.4 Å². The number of nitrogens with one attached hydrogen (secondary N) is 1. The maximum Gasteiger partial charge on any atom is 0.231 e. The lowest BCUT2D eigenvalue weighted by Crippen LogP contribution is -2.42. The summed E-state index contributed by atoms with van der Waals surface area (Å²) in [7, 11) is 0. The van der Waals surface area contributed by atoms with Gasteiger partial charge in [0.2, 0.25) is 5.91 Å². The Labute approximate surface area is 123 Å². The van der Waals surface area contributed by atoms with Crippen LogP contribution in [0.5, 0.6) is 0 Å². The van der Waals surface area contributed by atoms with Gasteiger partial charge in [-0.05, 0) is 30.5 Å². The van der Waals surface area contributed by atoms with Gasteiger partial charge < -0.3 is 16.3 Å². The second-order valence-corrected chi connectivity index (χ2v) is 5.46. The summed E-state index contributed by atoms with van der Waals surface area (Å²) in [6.45, 7) is 5.55. The number of oxime groups is 1. The topological polar surface area (TPSA) is 87.7 Å². The van der Waals surface area contributed by atoms with Gasteiger partial charge in [0.25, 0.3) is 0 Å². The number of benzene rings is 1. The summed E-state index contributed by atoms with van der Waals surface area (Å²) in [5, 5.41) is 15.2. The maximum atomic E-state index is 12.2. The average Bonchev–Trinajstić information content (AvgIpc) is 2.38. The SMILES string of the molecule is CC(NC(=O)C(C(N)=NO)C(C)C)c1ccc(Cl)cc1. The number of carbonyl (C=O) groups is 1. The highest BCUT2D eigenvalue weighted by Gasteiger charge is 2.27. The van der Waals surface area contributed by atoms with E-state index in [0.717, 1.165) is 5.56 Å². The summed E-state index contributed by atoms with van der Waals surface area (Å²) < 4.78 is 0. The molecule has 0 radical (unpaired) electrons. The zero-order chi connectivity index (χ0) is 15.3.